The van der Waals surface area contributed by atoms with Gasteiger partial charge in [-0.05, 0) is 36.6 Å². The molecule has 0 spiro atoms. The SMILES string of the molecule is O=C1C=CC(C(=O)CCCc2ccc(O)cc2)C(NP(=O)(O)O)=C1. The zero-order valence-corrected chi connectivity index (χ0v) is 13.6. The Bertz CT molecular complexity index is 731. The molecule has 128 valence electrons. The molecule has 4 N–H and O–H groups in total. The predicted molar refractivity (Wildman–Crippen MR) is 87.0 cm³/mol. The van der Waals surface area contributed by atoms with Crippen LogP contribution < -0.4 is 5.09 Å². The van der Waals surface area contributed by atoms with Gasteiger partial charge in [-0.15, -0.1) is 0 Å². The first-order valence-electron chi connectivity index (χ1n) is 7.33. The number of phenols is 1. The van der Waals surface area contributed by atoms with Gasteiger partial charge in [0.1, 0.15) is 11.5 Å². The van der Waals surface area contributed by atoms with Crippen molar-refractivity contribution < 1.29 is 29.0 Å². The highest BCUT2D eigenvalue weighted by Gasteiger charge is 2.27. The highest BCUT2D eigenvalue weighted by Crippen LogP contribution is 2.33. The summed E-state index contributed by atoms with van der Waals surface area (Å²) in [7, 11) is -4.60. The fourth-order valence-corrected chi connectivity index (χ4v) is 2.96. The molecular weight excluding hydrogens is 333 g/mol. The smallest absolute Gasteiger partial charge is 0.427 e. The molecule has 0 saturated carbocycles. The lowest BCUT2D eigenvalue weighted by Crippen LogP contribution is -2.26. The number of aryl methyl sites for hydroxylation is 1. The van der Waals surface area contributed by atoms with Crippen LogP contribution in [0.1, 0.15) is 18.4 Å². The summed E-state index contributed by atoms with van der Waals surface area (Å²) in [5.74, 6) is -1.36. The van der Waals surface area contributed by atoms with Crippen LogP contribution in [-0.2, 0) is 20.6 Å². The number of hydrogen-bond acceptors (Lipinski definition) is 4. The van der Waals surface area contributed by atoms with Gasteiger partial charge in [0.25, 0.3) is 0 Å². The average molecular weight is 351 g/mol. The van der Waals surface area contributed by atoms with Crippen molar-refractivity contribution >= 4 is 19.3 Å². The van der Waals surface area contributed by atoms with E-state index in [1.165, 1.54) is 12.2 Å². The number of phenolic OH excluding ortho intramolecular Hbond substituents is 1. The maximum absolute atomic E-state index is 12.3. The number of benzene rings is 1. The summed E-state index contributed by atoms with van der Waals surface area (Å²) < 4.78 is 11.1. The number of ketones is 2. The van der Waals surface area contributed by atoms with E-state index in [-0.39, 0.29) is 23.7 Å². The standard InChI is InChI=1S/C16H18NO6P/c18-12-6-4-11(5-7-12)2-1-3-16(20)14-9-8-13(19)10-15(14)17-24(21,22)23/h4-10,14,18H,1-3H2,(H3,17,21,22,23). The van der Waals surface area contributed by atoms with Crippen LogP contribution in [0.25, 0.3) is 0 Å². The van der Waals surface area contributed by atoms with Crippen LogP contribution in [0.2, 0.25) is 0 Å². The predicted octanol–water partition coefficient (Wildman–Crippen LogP) is 1.61. The average Bonchev–Trinajstić information content (AvgIpc) is 2.47. The molecule has 0 aliphatic heterocycles. The van der Waals surface area contributed by atoms with Gasteiger partial charge in [0.15, 0.2) is 5.78 Å². The van der Waals surface area contributed by atoms with E-state index in [0.29, 0.717) is 12.8 Å². The van der Waals surface area contributed by atoms with Crippen molar-refractivity contribution in [3.05, 3.63) is 53.8 Å². The lowest BCUT2D eigenvalue weighted by Gasteiger charge is -2.20. The normalized spacial score (nSPS) is 17.5. The molecule has 0 bridgehead atoms. The summed E-state index contributed by atoms with van der Waals surface area (Å²) in [5.41, 5.74) is 0.893. The van der Waals surface area contributed by atoms with Gasteiger partial charge in [-0.1, -0.05) is 18.2 Å². The molecule has 2 rings (SSSR count). The van der Waals surface area contributed by atoms with Gasteiger partial charge in [-0.3, -0.25) is 14.7 Å². The quantitative estimate of drug-likeness (QED) is 0.550. The van der Waals surface area contributed by atoms with E-state index in [1.54, 1.807) is 24.3 Å². The zero-order valence-electron chi connectivity index (χ0n) is 12.8. The zero-order chi connectivity index (χ0) is 17.7. The maximum Gasteiger partial charge on any atom is 0.427 e. The third-order valence-electron chi connectivity index (χ3n) is 3.53. The Morgan fingerprint density at radius 2 is 1.88 bits per heavy atom. The number of rotatable bonds is 7. The molecule has 8 heteroatoms. The van der Waals surface area contributed by atoms with Crippen LogP contribution in [0, 0.1) is 5.92 Å². The third-order valence-corrected chi connectivity index (χ3v) is 4.08. The van der Waals surface area contributed by atoms with Crippen LogP contribution >= 0.6 is 7.75 Å². The van der Waals surface area contributed by atoms with E-state index in [2.05, 4.69) is 0 Å². The van der Waals surface area contributed by atoms with Gasteiger partial charge in [-0.2, -0.15) is 0 Å². The topological polar surface area (TPSA) is 124 Å². The molecule has 1 aromatic rings. The highest BCUT2D eigenvalue weighted by molar-refractivity contribution is 7.49. The molecule has 0 saturated heterocycles. The molecule has 1 atom stereocenters. The van der Waals surface area contributed by atoms with E-state index < -0.39 is 19.4 Å². The van der Waals surface area contributed by atoms with Crippen molar-refractivity contribution in [3.63, 3.8) is 0 Å². The second-order valence-electron chi connectivity index (χ2n) is 5.48. The molecule has 7 nitrogen and oxygen atoms in total. The fraction of sp³-hybridized carbons (Fsp3) is 0.250. The Morgan fingerprint density at radius 3 is 2.50 bits per heavy atom. The second-order valence-corrected chi connectivity index (χ2v) is 6.79. The maximum atomic E-state index is 12.3. The summed E-state index contributed by atoms with van der Waals surface area (Å²) in [4.78, 5) is 41.7. The number of aromatic hydroxyl groups is 1. The molecule has 1 aromatic carbocycles. The van der Waals surface area contributed by atoms with Crippen LogP contribution in [-0.4, -0.2) is 26.5 Å². The van der Waals surface area contributed by atoms with Crippen LogP contribution in [0.4, 0.5) is 0 Å². The molecule has 24 heavy (non-hydrogen) atoms. The van der Waals surface area contributed by atoms with Crippen molar-refractivity contribution in [1.82, 2.24) is 5.09 Å². The lowest BCUT2D eigenvalue weighted by atomic mass is 9.91. The summed E-state index contributed by atoms with van der Waals surface area (Å²) in [6, 6.07) is 6.66. The summed E-state index contributed by atoms with van der Waals surface area (Å²) in [5, 5.41) is 11.2. The minimum absolute atomic E-state index is 0.0783. The molecule has 1 aliphatic rings. The summed E-state index contributed by atoms with van der Waals surface area (Å²) in [6.45, 7) is 0. The summed E-state index contributed by atoms with van der Waals surface area (Å²) in [6.07, 6.45) is 4.97. The van der Waals surface area contributed by atoms with E-state index in [4.69, 9.17) is 9.79 Å². The number of allylic oxidation sites excluding steroid dienone is 3. The largest absolute Gasteiger partial charge is 0.508 e. The molecule has 0 amide bonds. The first kappa shape index (κ1) is 18.1. The van der Waals surface area contributed by atoms with Crippen LogP contribution in [0.3, 0.4) is 0 Å². The van der Waals surface area contributed by atoms with Crippen LogP contribution in [0.5, 0.6) is 5.75 Å². The molecule has 0 radical (unpaired) electrons. The number of carbonyl (C=O) groups is 2. The first-order valence-corrected chi connectivity index (χ1v) is 8.94. The third kappa shape index (κ3) is 5.45. The minimum Gasteiger partial charge on any atom is -0.508 e. The number of Topliss-reactive ketones (excluding diaryl/α,β-unsaturated/α-hetero) is 1. The minimum atomic E-state index is -4.60. The lowest BCUT2D eigenvalue weighted by molar-refractivity contribution is -0.120. The number of hydrogen-bond donors (Lipinski definition) is 4. The van der Waals surface area contributed by atoms with Crippen molar-refractivity contribution in [1.29, 1.82) is 0 Å². The highest BCUT2D eigenvalue weighted by atomic mass is 31.2. The van der Waals surface area contributed by atoms with Gasteiger partial charge in [0.05, 0.1) is 5.92 Å². The molecule has 1 aliphatic carbocycles. The molecular formula is C16H18NO6P. The van der Waals surface area contributed by atoms with E-state index in [9.17, 15) is 19.3 Å². The van der Waals surface area contributed by atoms with Crippen molar-refractivity contribution in [2.75, 3.05) is 0 Å². The molecule has 0 fully saturated rings. The van der Waals surface area contributed by atoms with Gasteiger partial charge < -0.3 is 14.9 Å². The van der Waals surface area contributed by atoms with Gasteiger partial charge in [-0.25, -0.2) is 4.57 Å². The van der Waals surface area contributed by atoms with Gasteiger partial charge in [0, 0.05) is 18.2 Å². The summed E-state index contributed by atoms with van der Waals surface area (Å²) >= 11 is 0. The van der Waals surface area contributed by atoms with Crippen LogP contribution in [0.15, 0.2) is 48.2 Å². The van der Waals surface area contributed by atoms with Crippen molar-refractivity contribution in [2.45, 2.75) is 19.3 Å². The number of carbonyl (C=O) groups excluding carboxylic acids is 2. The second kappa shape index (κ2) is 7.57. The number of nitrogens with one attached hydrogen (secondary N) is 1. The first-order chi connectivity index (χ1) is 11.2. The van der Waals surface area contributed by atoms with E-state index >= 15 is 0 Å². The monoisotopic (exact) mass is 351 g/mol. The van der Waals surface area contributed by atoms with Crippen molar-refractivity contribution in [2.24, 2.45) is 5.92 Å². The Balaban J connectivity index is 1.95. The molecule has 1 unspecified atom stereocenters. The van der Waals surface area contributed by atoms with E-state index in [1.807, 2.05) is 5.09 Å². The van der Waals surface area contributed by atoms with Gasteiger partial charge in [0.2, 0.25) is 0 Å². The Labute approximate surface area is 138 Å². The Kier molecular flexibility index (Phi) is 5.72. The van der Waals surface area contributed by atoms with Crippen molar-refractivity contribution in [3.8, 4) is 5.75 Å². The Morgan fingerprint density at radius 1 is 1.21 bits per heavy atom. The molecule has 0 aromatic heterocycles. The Hall–Kier alpha value is -2.21. The van der Waals surface area contributed by atoms with Gasteiger partial charge >= 0.3 is 7.75 Å². The fourth-order valence-electron chi connectivity index (χ4n) is 2.42. The molecule has 0 heterocycles. The van der Waals surface area contributed by atoms with E-state index in [0.717, 1.165) is 11.6 Å².